The molecule has 2 aliphatic heterocycles. The topological polar surface area (TPSA) is 123 Å². The van der Waals surface area contributed by atoms with Crippen LogP contribution in [0, 0.1) is 0 Å². The van der Waals surface area contributed by atoms with Crippen LogP contribution in [0.3, 0.4) is 0 Å². The maximum absolute atomic E-state index is 14.0. The van der Waals surface area contributed by atoms with Gasteiger partial charge in [-0.25, -0.2) is 0 Å². The van der Waals surface area contributed by atoms with Gasteiger partial charge in [-0.1, -0.05) is 78.9 Å². The number of carbonyl (C=O) groups is 4. The molecule has 220 valence electrons. The van der Waals surface area contributed by atoms with Gasteiger partial charge in [0.15, 0.2) is 0 Å². The van der Waals surface area contributed by atoms with E-state index in [4.69, 9.17) is 0 Å². The van der Waals surface area contributed by atoms with Crippen molar-refractivity contribution in [1.82, 2.24) is 25.8 Å². The van der Waals surface area contributed by atoms with Crippen molar-refractivity contribution in [3.63, 3.8) is 0 Å². The number of hydrogen-bond donors (Lipinski definition) is 4. The zero-order valence-electron chi connectivity index (χ0n) is 23.8. The number of aromatic amines is 1. The van der Waals surface area contributed by atoms with E-state index in [2.05, 4.69) is 20.9 Å². The minimum Gasteiger partial charge on any atom is -0.361 e. The van der Waals surface area contributed by atoms with E-state index in [1.807, 2.05) is 91.1 Å². The van der Waals surface area contributed by atoms with Crippen LogP contribution in [0.15, 0.2) is 91.1 Å². The lowest BCUT2D eigenvalue weighted by molar-refractivity contribution is -0.143. The summed E-state index contributed by atoms with van der Waals surface area (Å²) in [7, 11) is 0. The maximum Gasteiger partial charge on any atom is 0.246 e. The molecule has 3 aromatic carbocycles. The largest absolute Gasteiger partial charge is 0.361 e. The number of nitrogens with one attached hydrogen (secondary N) is 4. The summed E-state index contributed by atoms with van der Waals surface area (Å²) in [6.45, 7) is 0.409. The molecule has 4 aromatic rings. The number of amides is 4. The summed E-state index contributed by atoms with van der Waals surface area (Å²) in [6, 6.07) is 23.1. The van der Waals surface area contributed by atoms with Crippen molar-refractivity contribution < 1.29 is 19.2 Å². The number of fused-ring (bicyclic) bond motifs is 2. The monoisotopic (exact) mass is 577 g/mol. The highest BCUT2D eigenvalue weighted by Crippen LogP contribution is 2.22. The van der Waals surface area contributed by atoms with Crippen molar-refractivity contribution in [2.45, 2.75) is 56.3 Å². The minimum atomic E-state index is -0.984. The van der Waals surface area contributed by atoms with Crippen molar-refractivity contribution in [1.29, 1.82) is 0 Å². The second-order valence-corrected chi connectivity index (χ2v) is 11.3. The molecular weight excluding hydrogens is 542 g/mol. The zero-order valence-corrected chi connectivity index (χ0v) is 23.8. The van der Waals surface area contributed by atoms with Gasteiger partial charge in [-0.05, 0) is 35.6 Å². The third-order valence-electron chi connectivity index (χ3n) is 8.38. The Labute approximate surface area is 250 Å². The first kappa shape index (κ1) is 28.2. The van der Waals surface area contributed by atoms with Crippen molar-refractivity contribution >= 4 is 34.5 Å². The van der Waals surface area contributed by atoms with Crippen LogP contribution in [0.25, 0.3) is 10.9 Å². The number of hydrogen-bond acceptors (Lipinski definition) is 4. The lowest BCUT2D eigenvalue weighted by Gasteiger charge is -2.32. The second-order valence-electron chi connectivity index (χ2n) is 11.3. The Balaban J connectivity index is 1.36. The first-order valence-corrected chi connectivity index (χ1v) is 14.8. The van der Waals surface area contributed by atoms with Crippen LogP contribution in [0.2, 0.25) is 0 Å². The van der Waals surface area contributed by atoms with Gasteiger partial charge in [0.25, 0.3) is 0 Å². The molecule has 0 unspecified atom stereocenters. The summed E-state index contributed by atoms with van der Waals surface area (Å²) in [6.07, 6.45) is 3.70. The number of carbonyl (C=O) groups excluding carboxylic acids is 4. The van der Waals surface area contributed by atoms with E-state index in [9.17, 15) is 19.2 Å². The van der Waals surface area contributed by atoms with Gasteiger partial charge >= 0.3 is 0 Å². The predicted molar refractivity (Wildman–Crippen MR) is 163 cm³/mol. The maximum atomic E-state index is 14.0. The molecule has 0 bridgehead atoms. The van der Waals surface area contributed by atoms with Crippen molar-refractivity contribution in [2.75, 3.05) is 6.54 Å². The van der Waals surface area contributed by atoms with E-state index < -0.39 is 36.0 Å². The summed E-state index contributed by atoms with van der Waals surface area (Å²) in [4.78, 5) is 60.3. The van der Waals surface area contributed by atoms with Crippen LogP contribution >= 0.6 is 0 Å². The zero-order chi connectivity index (χ0) is 29.8. The summed E-state index contributed by atoms with van der Waals surface area (Å²) in [5, 5.41) is 9.78. The normalized spacial score (nSPS) is 23.1. The number of nitrogens with zero attached hydrogens (tertiary/aromatic N) is 1. The molecule has 3 heterocycles. The molecule has 1 aromatic heterocycles. The summed E-state index contributed by atoms with van der Waals surface area (Å²) < 4.78 is 0. The van der Waals surface area contributed by atoms with Crippen molar-refractivity contribution in [3.05, 3.63) is 108 Å². The third-order valence-corrected chi connectivity index (χ3v) is 8.38. The van der Waals surface area contributed by atoms with Gasteiger partial charge in [0, 0.05) is 42.9 Å². The Bertz CT molecular complexity index is 1620. The van der Waals surface area contributed by atoms with Crippen LogP contribution < -0.4 is 16.0 Å². The second kappa shape index (κ2) is 12.5. The molecule has 43 heavy (non-hydrogen) atoms. The smallest absolute Gasteiger partial charge is 0.246 e. The van der Waals surface area contributed by atoms with Crippen molar-refractivity contribution in [3.8, 4) is 0 Å². The molecule has 0 spiro atoms. The Morgan fingerprint density at radius 2 is 1.19 bits per heavy atom. The number of rotatable bonds is 6. The van der Waals surface area contributed by atoms with Crippen LogP contribution in [-0.4, -0.2) is 64.2 Å². The van der Waals surface area contributed by atoms with E-state index in [1.165, 1.54) is 0 Å². The van der Waals surface area contributed by atoms with Crippen LogP contribution in [-0.2, 0) is 38.4 Å². The molecule has 9 heteroatoms. The Morgan fingerprint density at radius 1 is 0.628 bits per heavy atom. The SMILES string of the molecule is O=C1N[C@H](Cc2ccccc2)C(=O)N[C@H](Cc2c[nH]c3ccccc23)C(=O)N[C@H](Cc2ccccc2)C(=O)N2CCC[C@H]12. The predicted octanol–water partition coefficient (Wildman–Crippen LogP) is 2.65. The molecule has 6 rings (SSSR count). The van der Waals surface area contributed by atoms with Crippen LogP contribution in [0.5, 0.6) is 0 Å². The number of para-hydroxylation sites is 1. The fourth-order valence-electron chi connectivity index (χ4n) is 6.15. The van der Waals surface area contributed by atoms with E-state index in [0.717, 1.165) is 27.6 Å². The highest BCUT2D eigenvalue weighted by molar-refractivity contribution is 5.98. The number of aromatic nitrogens is 1. The fraction of sp³-hybridized carbons (Fsp3) is 0.294. The standard InChI is InChI=1S/C34H35N5O4/c40-31-27(18-22-10-3-1-4-11-22)37-33(42)30-16-9-17-39(30)34(43)29(19-23-12-5-2-6-13-23)38-32(41)28(36-31)20-24-21-35-26-15-8-7-14-25(24)26/h1-8,10-15,21,27-30,35H,9,16-20H2,(H,36,40)(H,37,42)(H,38,41)/t27-,28-,29-,30-/m1/s1. The van der Waals surface area contributed by atoms with Crippen LogP contribution in [0.1, 0.15) is 29.5 Å². The molecule has 0 saturated carbocycles. The Kier molecular flexibility index (Phi) is 8.22. The summed E-state index contributed by atoms with van der Waals surface area (Å²) in [5.74, 6) is -1.56. The average molecular weight is 578 g/mol. The number of benzene rings is 3. The fourth-order valence-corrected chi connectivity index (χ4v) is 6.15. The quantitative estimate of drug-likeness (QED) is 0.281. The minimum absolute atomic E-state index is 0.201. The molecule has 4 N–H and O–H groups in total. The van der Waals surface area contributed by atoms with E-state index in [1.54, 1.807) is 4.90 Å². The van der Waals surface area contributed by atoms with Gasteiger partial charge < -0.3 is 25.8 Å². The van der Waals surface area contributed by atoms with Gasteiger partial charge in [-0.3, -0.25) is 19.2 Å². The van der Waals surface area contributed by atoms with E-state index in [0.29, 0.717) is 19.4 Å². The molecule has 0 radical (unpaired) electrons. The summed E-state index contributed by atoms with van der Waals surface area (Å²) >= 11 is 0. The number of H-pyrrole nitrogens is 1. The van der Waals surface area contributed by atoms with Crippen LogP contribution in [0.4, 0.5) is 0 Å². The van der Waals surface area contributed by atoms with E-state index in [-0.39, 0.29) is 31.1 Å². The molecule has 0 aliphatic carbocycles. The van der Waals surface area contributed by atoms with Gasteiger partial charge in [-0.2, -0.15) is 0 Å². The molecule has 9 nitrogen and oxygen atoms in total. The highest BCUT2D eigenvalue weighted by atomic mass is 16.2. The van der Waals surface area contributed by atoms with E-state index >= 15 is 0 Å². The Hall–Kier alpha value is -4.92. The Morgan fingerprint density at radius 3 is 1.88 bits per heavy atom. The molecule has 2 aliphatic rings. The van der Waals surface area contributed by atoms with Gasteiger partial charge in [0.1, 0.15) is 24.2 Å². The molecular formula is C34H35N5O4. The molecule has 2 fully saturated rings. The highest BCUT2D eigenvalue weighted by Gasteiger charge is 2.40. The van der Waals surface area contributed by atoms with Crippen molar-refractivity contribution in [2.24, 2.45) is 0 Å². The summed E-state index contributed by atoms with van der Waals surface area (Å²) in [5.41, 5.74) is 3.53. The first-order valence-electron chi connectivity index (χ1n) is 14.8. The molecule has 2 saturated heterocycles. The lowest BCUT2D eigenvalue weighted by Crippen LogP contribution is -2.62. The average Bonchev–Trinajstić information content (AvgIpc) is 3.68. The first-order chi connectivity index (χ1) is 21.0. The lowest BCUT2D eigenvalue weighted by atomic mass is 9.99. The molecule has 4 amide bonds. The molecule has 4 atom stereocenters. The van der Waals surface area contributed by atoms with Gasteiger partial charge in [0.05, 0.1) is 0 Å². The van der Waals surface area contributed by atoms with Gasteiger partial charge in [-0.15, -0.1) is 0 Å². The third kappa shape index (κ3) is 6.30. The van der Waals surface area contributed by atoms with Gasteiger partial charge in [0.2, 0.25) is 23.6 Å².